The number of para-hydroxylation sites is 1. The van der Waals surface area contributed by atoms with E-state index in [1.807, 2.05) is 23.0 Å². The van der Waals surface area contributed by atoms with Gasteiger partial charge in [-0.25, -0.2) is 14.6 Å². The van der Waals surface area contributed by atoms with Crippen molar-refractivity contribution in [2.75, 3.05) is 31.6 Å². The van der Waals surface area contributed by atoms with Crippen molar-refractivity contribution in [2.45, 2.75) is 95.0 Å². The zero-order valence-corrected chi connectivity index (χ0v) is 34.7. The van der Waals surface area contributed by atoms with Gasteiger partial charge in [0.1, 0.15) is 24.0 Å². The molecular weight excluding hydrogens is 810 g/mol. The highest BCUT2D eigenvalue weighted by Crippen LogP contribution is 2.39. The molecule has 2 aliphatic heterocycles. The Balaban J connectivity index is 0.921. The van der Waals surface area contributed by atoms with E-state index in [-0.39, 0.29) is 42.1 Å². The van der Waals surface area contributed by atoms with Crippen LogP contribution in [0.25, 0.3) is 21.9 Å². The molecule has 3 fully saturated rings. The number of carbonyl (C=O) groups is 4. The number of likely N-dealkylation sites (tertiary alicyclic amines) is 1. The topological polar surface area (TPSA) is 183 Å². The molecule has 2 aromatic carbocycles. The summed E-state index contributed by atoms with van der Waals surface area (Å²) in [5.41, 5.74) is 0.740. The van der Waals surface area contributed by atoms with E-state index in [2.05, 4.69) is 26.6 Å². The van der Waals surface area contributed by atoms with Crippen LogP contribution < -0.4 is 16.3 Å². The molecule has 3 N–H and O–H groups in total. The molecule has 8 rings (SSSR count). The van der Waals surface area contributed by atoms with Crippen LogP contribution in [0.5, 0.6) is 0 Å². The van der Waals surface area contributed by atoms with Gasteiger partial charge in [0, 0.05) is 42.8 Å². The Kier molecular flexibility index (Phi) is 11.6. The fraction of sp³-hybridized carbons (Fsp3) is 0.477. The maximum atomic E-state index is 13.5. The van der Waals surface area contributed by atoms with Gasteiger partial charge in [-0.3, -0.25) is 33.5 Å². The summed E-state index contributed by atoms with van der Waals surface area (Å²) in [5, 5.41) is 20.0. The fourth-order valence-corrected chi connectivity index (χ4v) is 9.52. The highest BCUT2D eigenvalue weighted by Gasteiger charge is 2.35. The Morgan fingerprint density at radius 1 is 0.968 bits per heavy atom. The Hall–Kier alpha value is -5.88. The molecule has 62 heavy (non-hydrogen) atoms. The number of aliphatic carboxylic acids is 1. The monoisotopic (exact) mass is 858 g/mol. The van der Waals surface area contributed by atoms with Gasteiger partial charge >= 0.3 is 17.8 Å². The molecule has 1 atom stereocenters. The number of imidazole rings is 1. The molecule has 3 aromatic heterocycles. The summed E-state index contributed by atoms with van der Waals surface area (Å²) < 4.78 is 51.0. The van der Waals surface area contributed by atoms with Crippen LogP contribution in [0.4, 0.5) is 18.9 Å². The largest absolute Gasteiger partial charge is 0.480 e. The first kappa shape index (κ1) is 42.8. The number of aromatic nitrogens is 5. The lowest BCUT2D eigenvalue weighted by atomic mass is 9.84. The van der Waals surface area contributed by atoms with Gasteiger partial charge in [0.15, 0.2) is 0 Å². The first-order valence-corrected chi connectivity index (χ1v) is 21.0. The van der Waals surface area contributed by atoms with Crippen molar-refractivity contribution in [3.05, 3.63) is 87.7 Å². The van der Waals surface area contributed by atoms with Gasteiger partial charge in [-0.05, 0) is 120 Å². The molecule has 1 unspecified atom stereocenters. The average Bonchev–Trinajstić information content (AvgIpc) is 3.77. The number of ether oxygens (including phenoxy) is 1. The predicted octanol–water partition coefficient (Wildman–Crippen LogP) is 6.28. The second-order valence-corrected chi connectivity index (χ2v) is 17.3. The first-order chi connectivity index (χ1) is 29.5. The number of hydrogen-bond acceptors (Lipinski definition) is 9. The SMILES string of the molecule is Cn1c(=O)n(C2CCC(=O)NC2=O)c2cccc(C3CCN(C[C@H]4CC[C@H](n5cc6cc(NC(=O)c7cccc(C(F)(F)F)n7)c(C(C)(C)OCC(=O)O)cc6n5)CC4)CC3)c21. The summed E-state index contributed by atoms with van der Waals surface area (Å²) in [7, 11) is 1.74. The van der Waals surface area contributed by atoms with E-state index in [1.54, 1.807) is 42.2 Å². The first-order valence-electron chi connectivity index (χ1n) is 21.0. The highest BCUT2D eigenvalue weighted by molar-refractivity contribution is 6.04. The van der Waals surface area contributed by atoms with Crippen LogP contribution in [0.2, 0.25) is 0 Å². The minimum atomic E-state index is -4.74. The third-order valence-corrected chi connectivity index (χ3v) is 12.8. The van der Waals surface area contributed by atoms with E-state index in [0.717, 1.165) is 81.4 Å². The van der Waals surface area contributed by atoms with Crippen LogP contribution in [0.3, 0.4) is 0 Å². The number of carbonyl (C=O) groups excluding carboxylic acids is 3. The van der Waals surface area contributed by atoms with Crippen molar-refractivity contribution in [3.8, 4) is 0 Å². The lowest BCUT2D eigenvalue weighted by molar-refractivity contribution is -0.148. The Morgan fingerprint density at radius 2 is 1.69 bits per heavy atom. The number of hydrogen-bond donors (Lipinski definition) is 3. The normalized spacial score (nSPS) is 20.8. The van der Waals surface area contributed by atoms with Crippen LogP contribution in [0.1, 0.15) is 111 Å². The van der Waals surface area contributed by atoms with Gasteiger partial charge in [0.2, 0.25) is 11.8 Å². The van der Waals surface area contributed by atoms with Crippen molar-refractivity contribution in [2.24, 2.45) is 13.0 Å². The summed E-state index contributed by atoms with van der Waals surface area (Å²) >= 11 is 0. The van der Waals surface area contributed by atoms with Gasteiger partial charge < -0.3 is 20.1 Å². The molecule has 0 radical (unpaired) electrons. The Bertz CT molecular complexity index is 2620. The lowest BCUT2D eigenvalue weighted by Crippen LogP contribution is -2.44. The maximum absolute atomic E-state index is 13.5. The Morgan fingerprint density at radius 3 is 2.39 bits per heavy atom. The molecule has 3 aliphatic rings. The van der Waals surface area contributed by atoms with Crippen LogP contribution in [0.15, 0.2) is 59.5 Å². The zero-order valence-electron chi connectivity index (χ0n) is 34.7. The van der Waals surface area contributed by atoms with E-state index >= 15 is 0 Å². The van der Waals surface area contributed by atoms with Crippen molar-refractivity contribution in [3.63, 3.8) is 0 Å². The van der Waals surface area contributed by atoms with Gasteiger partial charge in [-0.2, -0.15) is 18.3 Å². The number of halogens is 3. The third kappa shape index (κ3) is 8.62. The van der Waals surface area contributed by atoms with Crippen molar-refractivity contribution < 1.29 is 42.2 Å². The van der Waals surface area contributed by atoms with E-state index in [9.17, 15) is 42.3 Å². The van der Waals surface area contributed by atoms with Crippen molar-refractivity contribution in [1.82, 2.24) is 34.1 Å². The molecule has 3 amide bonds. The highest BCUT2D eigenvalue weighted by atomic mass is 19.4. The quantitative estimate of drug-likeness (QED) is 0.128. The van der Waals surface area contributed by atoms with Crippen molar-refractivity contribution >= 4 is 51.3 Å². The number of imide groups is 1. The zero-order chi connectivity index (χ0) is 44.1. The van der Waals surface area contributed by atoms with E-state index in [1.165, 1.54) is 6.07 Å². The minimum absolute atomic E-state index is 0.121. The molecule has 328 valence electrons. The standard InChI is InChI=1S/C44H49F3N8O7/c1-43(2,62-24-38(57)58)30-21-32-27(20-33(30)49-40(59)31-7-5-9-36(48-31)44(45,46)47)23-54(51-32)28-12-10-25(11-13-28)22-53-18-16-26(17-19-53)29-6-4-8-34-39(29)52(3)42(61)55(34)35-14-15-37(56)50-41(35)60/h4-9,20-21,23,25-26,28,35H,10-19,22,24H2,1-3H3,(H,49,59)(H,57,58)(H,50,56,60)/t25-,28-,35?. The average molecular weight is 859 g/mol. The number of carboxylic acids is 1. The number of nitrogens with one attached hydrogen (secondary N) is 2. The van der Waals surface area contributed by atoms with Gasteiger partial charge in [0.05, 0.1) is 28.2 Å². The second-order valence-electron chi connectivity index (χ2n) is 17.3. The van der Waals surface area contributed by atoms with E-state index in [4.69, 9.17) is 9.84 Å². The Labute approximate surface area is 354 Å². The number of carboxylic acid groups (broad SMARTS) is 1. The predicted molar refractivity (Wildman–Crippen MR) is 222 cm³/mol. The summed E-state index contributed by atoms with van der Waals surface area (Å²) in [6, 6.07) is 11.8. The number of amides is 3. The van der Waals surface area contributed by atoms with Gasteiger partial charge in [-0.1, -0.05) is 18.2 Å². The summed E-state index contributed by atoms with van der Waals surface area (Å²) in [6.45, 7) is 5.49. The molecule has 18 heteroatoms. The maximum Gasteiger partial charge on any atom is 0.433 e. The number of rotatable bonds is 11. The summed E-state index contributed by atoms with van der Waals surface area (Å²) in [5.74, 6) is -2.07. The number of benzene rings is 2. The number of nitrogens with zero attached hydrogens (tertiary/aromatic N) is 6. The molecule has 2 saturated heterocycles. The molecule has 5 aromatic rings. The second kappa shape index (κ2) is 16.8. The minimum Gasteiger partial charge on any atom is -0.480 e. The number of fused-ring (bicyclic) bond motifs is 2. The van der Waals surface area contributed by atoms with Crippen LogP contribution in [-0.4, -0.2) is 83.8 Å². The lowest BCUT2D eigenvalue weighted by Gasteiger charge is -2.37. The van der Waals surface area contributed by atoms with Crippen molar-refractivity contribution in [1.29, 1.82) is 0 Å². The molecule has 1 saturated carbocycles. The van der Waals surface area contributed by atoms with Crippen LogP contribution in [-0.2, 0) is 37.9 Å². The van der Waals surface area contributed by atoms with Gasteiger partial charge in [0.25, 0.3) is 5.91 Å². The fourth-order valence-electron chi connectivity index (χ4n) is 9.52. The van der Waals surface area contributed by atoms with Gasteiger partial charge in [-0.15, -0.1) is 0 Å². The van der Waals surface area contributed by atoms with E-state index in [0.29, 0.717) is 27.9 Å². The van der Waals surface area contributed by atoms with Crippen LogP contribution in [0, 0.1) is 5.92 Å². The molecule has 5 heterocycles. The number of aryl methyl sites for hydroxylation is 1. The third-order valence-electron chi connectivity index (χ3n) is 12.8. The van der Waals surface area contributed by atoms with Crippen LogP contribution >= 0.6 is 0 Å². The smallest absolute Gasteiger partial charge is 0.433 e. The number of piperidine rings is 2. The summed E-state index contributed by atoms with van der Waals surface area (Å²) in [4.78, 5) is 68.8. The molecule has 0 spiro atoms. The molecule has 15 nitrogen and oxygen atoms in total. The number of alkyl halides is 3. The summed E-state index contributed by atoms with van der Waals surface area (Å²) in [6.07, 6.45) is 3.32. The number of pyridine rings is 1. The number of anilines is 1. The van der Waals surface area contributed by atoms with E-state index < -0.39 is 53.6 Å². The molecular formula is C44H49F3N8O7. The molecule has 1 aliphatic carbocycles. The molecule has 0 bridgehead atoms.